The Labute approximate surface area is 188 Å². The SMILES string of the molecule is CCC[CH2][Sn]([CH2]CCC)([CH2]CCC)[c]1ccc(OCOC)c(Cc2ccccc2)n1. The van der Waals surface area contributed by atoms with Gasteiger partial charge in [0.05, 0.1) is 0 Å². The van der Waals surface area contributed by atoms with E-state index in [-0.39, 0.29) is 6.79 Å². The summed E-state index contributed by atoms with van der Waals surface area (Å²) in [5, 5.41) is 0. The van der Waals surface area contributed by atoms with Crippen molar-refractivity contribution in [3.63, 3.8) is 0 Å². The molecule has 4 heteroatoms. The Kier molecular flexibility index (Phi) is 11.8. The third kappa shape index (κ3) is 7.56. The van der Waals surface area contributed by atoms with Crippen LogP contribution in [0.25, 0.3) is 0 Å². The number of rotatable bonds is 15. The van der Waals surface area contributed by atoms with Crippen LogP contribution in [0.3, 0.4) is 0 Å². The van der Waals surface area contributed by atoms with Crippen LogP contribution in [-0.2, 0) is 11.2 Å². The van der Waals surface area contributed by atoms with Gasteiger partial charge in [0.25, 0.3) is 0 Å². The molecule has 0 aliphatic carbocycles. The van der Waals surface area contributed by atoms with Gasteiger partial charge in [-0.05, 0) is 0 Å². The van der Waals surface area contributed by atoms with Gasteiger partial charge in [-0.3, -0.25) is 0 Å². The number of methoxy groups -OCH3 is 1. The summed E-state index contributed by atoms with van der Waals surface area (Å²) >= 11 is -2.56. The zero-order chi connectivity index (χ0) is 21.7. The molecule has 3 nitrogen and oxygen atoms in total. The fourth-order valence-corrected chi connectivity index (χ4v) is 19.7. The monoisotopic (exact) mass is 519 g/mol. The molecule has 2 aromatic rings. The first-order chi connectivity index (χ1) is 14.7. The van der Waals surface area contributed by atoms with Gasteiger partial charge in [-0.1, -0.05) is 0 Å². The summed E-state index contributed by atoms with van der Waals surface area (Å²) in [6, 6.07) is 15.1. The van der Waals surface area contributed by atoms with E-state index in [9.17, 15) is 0 Å². The maximum atomic E-state index is 5.91. The fourth-order valence-electron chi connectivity index (χ4n) is 4.26. The molecule has 1 aromatic carbocycles. The summed E-state index contributed by atoms with van der Waals surface area (Å²) in [7, 11) is 1.67. The van der Waals surface area contributed by atoms with Crippen LogP contribution in [0.15, 0.2) is 42.5 Å². The second kappa shape index (κ2) is 14.1. The van der Waals surface area contributed by atoms with Crippen molar-refractivity contribution < 1.29 is 9.47 Å². The van der Waals surface area contributed by atoms with E-state index in [1.165, 1.54) is 61.1 Å². The van der Waals surface area contributed by atoms with Crippen LogP contribution in [0, 0.1) is 0 Å². The standard InChI is InChI=1S/C14H14NO2.3C4H9.Sn/c1-16-11-17-14-8-5-9-15-13(14)10-12-6-3-2-4-7-12;3*1-3-4-2;/h2-8H,10-11H2,1H3;3*1,3-4H2,2H3;. The Balaban J connectivity index is 2.45. The number of aromatic nitrogens is 1. The number of benzene rings is 1. The normalized spacial score (nSPS) is 11.6. The predicted molar refractivity (Wildman–Crippen MR) is 131 cm³/mol. The molecule has 1 aromatic heterocycles. The summed E-state index contributed by atoms with van der Waals surface area (Å²) in [5.74, 6) is 0.867. The Morgan fingerprint density at radius 3 is 1.93 bits per heavy atom. The van der Waals surface area contributed by atoms with Crippen LogP contribution in [0.4, 0.5) is 0 Å². The van der Waals surface area contributed by atoms with Crippen LogP contribution < -0.4 is 8.45 Å². The molecular weight excluding hydrogens is 477 g/mol. The molecule has 0 spiro atoms. The van der Waals surface area contributed by atoms with Crippen LogP contribution >= 0.6 is 0 Å². The molecule has 0 unspecified atom stereocenters. The fraction of sp³-hybridized carbons (Fsp3) is 0.577. The summed E-state index contributed by atoms with van der Waals surface area (Å²) in [4.78, 5) is 5.36. The minimum absolute atomic E-state index is 0.263. The second-order valence-corrected chi connectivity index (χ2v) is 21.5. The molecule has 0 bridgehead atoms. The molecule has 0 amide bonds. The van der Waals surface area contributed by atoms with Crippen LogP contribution in [0.5, 0.6) is 5.75 Å². The molecule has 30 heavy (non-hydrogen) atoms. The molecule has 0 atom stereocenters. The van der Waals surface area contributed by atoms with Crippen molar-refractivity contribution in [3.05, 3.63) is 53.7 Å². The van der Waals surface area contributed by atoms with Gasteiger partial charge in [-0.25, -0.2) is 0 Å². The molecule has 0 fully saturated rings. The summed E-state index contributed by atoms with van der Waals surface area (Å²) in [5.41, 5.74) is 2.35. The first kappa shape index (κ1) is 25.2. The first-order valence-corrected chi connectivity index (χ1v) is 19.3. The second-order valence-electron chi connectivity index (χ2n) is 8.45. The van der Waals surface area contributed by atoms with Gasteiger partial charge in [0.2, 0.25) is 0 Å². The average Bonchev–Trinajstić information content (AvgIpc) is 2.78. The maximum absolute atomic E-state index is 5.91. The number of unbranched alkanes of at least 4 members (excludes halogenated alkanes) is 3. The van der Waals surface area contributed by atoms with Crippen molar-refractivity contribution >= 4 is 22.1 Å². The number of hydrogen-bond donors (Lipinski definition) is 0. The molecule has 2 rings (SSSR count). The van der Waals surface area contributed by atoms with Crippen molar-refractivity contribution in [2.75, 3.05) is 13.9 Å². The third-order valence-electron chi connectivity index (χ3n) is 6.05. The molecule has 0 radical (unpaired) electrons. The van der Waals surface area contributed by atoms with Gasteiger partial charge in [0, 0.05) is 0 Å². The molecule has 0 aliphatic rings. The first-order valence-electron chi connectivity index (χ1n) is 11.8. The van der Waals surface area contributed by atoms with E-state index in [0.29, 0.717) is 0 Å². The summed E-state index contributed by atoms with van der Waals surface area (Å²) < 4.78 is 16.8. The van der Waals surface area contributed by atoms with E-state index in [1.807, 2.05) is 0 Å². The molecule has 166 valence electrons. The molecule has 0 saturated carbocycles. The number of ether oxygens (including phenoxy) is 2. The van der Waals surface area contributed by atoms with Gasteiger partial charge >= 0.3 is 189 Å². The zero-order valence-corrected chi connectivity index (χ0v) is 22.4. The van der Waals surface area contributed by atoms with E-state index in [1.54, 1.807) is 7.11 Å². The molecular formula is C26H41NO2Sn. The van der Waals surface area contributed by atoms with E-state index in [4.69, 9.17) is 14.5 Å². The summed E-state index contributed by atoms with van der Waals surface area (Å²) in [6.45, 7) is 7.24. The van der Waals surface area contributed by atoms with E-state index >= 15 is 0 Å². The quantitative estimate of drug-likeness (QED) is 0.194. The van der Waals surface area contributed by atoms with Crippen LogP contribution in [0.2, 0.25) is 13.3 Å². The van der Waals surface area contributed by atoms with Crippen LogP contribution in [0.1, 0.15) is 70.6 Å². The number of pyridine rings is 1. The van der Waals surface area contributed by atoms with Crippen molar-refractivity contribution in [2.24, 2.45) is 0 Å². The van der Waals surface area contributed by atoms with Gasteiger partial charge in [0.1, 0.15) is 0 Å². The summed E-state index contributed by atoms with van der Waals surface area (Å²) in [6.07, 6.45) is 8.70. The number of hydrogen-bond acceptors (Lipinski definition) is 3. The minimum atomic E-state index is -2.56. The van der Waals surface area contributed by atoms with Crippen molar-refractivity contribution in [1.29, 1.82) is 0 Å². The predicted octanol–water partition coefficient (Wildman–Crippen LogP) is 6.71. The van der Waals surface area contributed by atoms with Gasteiger partial charge in [0.15, 0.2) is 0 Å². The average molecular weight is 518 g/mol. The van der Waals surface area contributed by atoms with Gasteiger partial charge < -0.3 is 0 Å². The van der Waals surface area contributed by atoms with Gasteiger partial charge in [-0.2, -0.15) is 0 Å². The Morgan fingerprint density at radius 1 is 0.800 bits per heavy atom. The van der Waals surface area contributed by atoms with Gasteiger partial charge in [-0.15, -0.1) is 0 Å². The van der Waals surface area contributed by atoms with E-state index in [0.717, 1.165) is 17.9 Å². The topological polar surface area (TPSA) is 31.4 Å². The van der Waals surface area contributed by atoms with Crippen molar-refractivity contribution in [1.82, 2.24) is 4.98 Å². The third-order valence-corrected chi connectivity index (χ3v) is 21.2. The van der Waals surface area contributed by atoms with E-state index in [2.05, 4.69) is 63.2 Å². The Hall–Kier alpha value is -1.07. The molecule has 0 aliphatic heterocycles. The van der Waals surface area contributed by atoms with Crippen molar-refractivity contribution in [2.45, 2.75) is 79.0 Å². The zero-order valence-electron chi connectivity index (χ0n) is 19.6. The molecule has 1 heterocycles. The number of nitrogens with zero attached hydrogens (tertiary/aromatic N) is 1. The Morgan fingerprint density at radius 2 is 1.40 bits per heavy atom. The Bertz CT molecular complexity index is 698. The van der Waals surface area contributed by atoms with Crippen LogP contribution in [-0.4, -0.2) is 37.3 Å². The van der Waals surface area contributed by atoms with E-state index < -0.39 is 18.4 Å². The molecule has 0 N–H and O–H groups in total. The molecule has 0 saturated heterocycles. The van der Waals surface area contributed by atoms with Crippen molar-refractivity contribution in [3.8, 4) is 5.75 Å².